The monoisotopic (exact) mass is 181 g/mol. The van der Waals surface area contributed by atoms with Gasteiger partial charge in [-0.1, -0.05) is 13.0 Å². The van der Waals surface area contributed by atoms with E-state index in [0.29, 0.717) is 11.3 Å². The van der Waals surface area contributed by atoms with Crippen LogP contribution in [0.1, 0.15) is 26.2 Å². The molecule has 0 spiro atoms. The van der Waals surface area contributed by atoms with Crippen LogP contribution in [0.25, 0.3) is 0 Å². The Morgan fingerprint density at radius 3 is 2.38 bits per heavy atom. The molecule has 1 aliphatic heterocycles. The van der Waals surface area contributed by atoms with Crippen LogP contribution in [0.5, 0.6) is 0 Å². The van der Waals surface area contributed by atoms with Gasteiger partial charge in [0.2, 0.25) is 11.8 Å². The summed E-state index contributed by atoms with van der Waals surface area (Å²) in [7, 11) is 0. The highest BCUT2D eigenvalue weighted by Gasteiger charge is 2.32. The predicted molar refractivity (Wildman–Crippen MR) is 45.5 cm³/mol. The van der Waals surface area contributed by atoms with E-state index in [1.54, 1.807) is 6.08 Å². The van der Waals surface area contributed by atoms with Crippen molar-refractivity contribution in [1.82, 2.24) is 4.90 Å². The third-order valence-electron chi connectivity index (χ3n) is 1.77. The van der Waals surface area contributed by atoms with E-state index in [1.807, 2.05) is 6.92 Å². The highest BCUT2D eigenvalue weighted by Crippen LogP contribution is 2.11. The Hall–Kier alpha value is -1.45. The number of carbonyl (C=O) groups is 3. The van der Waals surface area contributed by atoms with E-state index in [9.17, 15) is 14.4 Å². The predicted octanol–water partition coefficient (Wildman–Crippen LogP) is 0.628. The second kappa shape index (κ2) is 3.98. The van der Waals surface area contributed by atoms with Gasteiger partial charge < -0.3 is 0 Å². The van der Waals surface area contributed by atoms with Crippen LogP contribution in [0.4, 0.5) is 0 Å². The first kappa shape index (κ1) is 9.64. The number of rotatable bonds is 2. The average Bonchev–Trinajstić information content (AvgIpc) is 2.42. The van der Waals surface area contributed by atoms with Gasteiger partial charge in [0, 0.05) is 18.9 Å². The molecular weight excluding hydrogens is 170 g/mol. The summed E-state index contributed by atoms with van der Waals surface area (Å²) in [4.78, 5) is 34.0. The molecule has 1 saturated heterocycles. The Bertz CT molecular complexity index is 265. The molecule has 3 amide bonds. The zero-order valence-corrected chi connectivity index (χ0v) is 7.45. The summed E-state index contributed by atoms with van der Waals surface area (Å²) in [5.74, 6) is -1.30. The second-order valence-corrected chi connectivity index (χ2v) is 2.77. The van der Waals surface area contributed by atoms with E-state index in [2.05, 4.69) is 0 Å². The van der Waals surface area contributed by atoms with Crippen LogP contribution < -0.4 is 0 Å². The Morgan fingerprint density at radius 2 is 1.92 bits per heavy atom. The van der Waals surface area contributed by atoms with Crippen LogP contribution in [-0.2, 0) is 14.4 Å². The largest absolute Gasteiger partial charge is 0.274 e. The smallest absolute Gasteiger partial charge is 0.259 e. The number of hydrogen-bond acceptors (Lipinski definition) is 3. The van der Waals surface area contributed by atoms with Crippen LogP contribution in [0.15, 0.2) is 12.2 Å². The van der Waals surface area contributed by atoms with E-state index in [0.717, 1.165) is 0 Å². The molecule has 1 fully saturated rings. The third-order valence-corrected chi connectivity index (χ3v) is 1.77. The number of likely N-dealkylation sites (tertiary alicyclic amines) is 1. The first-order chi connectivity index (χ1) is 6.16. The summed E-state index contributed by atoms with van der Waals surface area (Å²) >= 11 is 0. The molecule has 0 unspecified atom stereocenters. The number of allylic oxidation sites excluding steroid dienone is 1. The third kappa shape index (κ3) is 2.02. The summed E-state index contributed by atoms with van der Waals surface area (Å²) in [6.07, 6.45) is 3.92. The molecule has 1 aliphatic rings. The van der Waals surface area contributed by atoms with Gasteiger partial charge in [-0.25, -0.2) is 4.90 Å². The van der Waals surface area contributed by atoms with Gasteiger partial charge in [-0.2, -0.15) is 0 Å². The lowest BCUT2D eigenvalue weighted by Crippen LogP contribution is -2.34. The van der Waals surface area contributed by atoms with Crippen molar-refractivity contribution in [3.8, 4) is 0 Å². The molecule has 0 aromatic carbocycles. The van der Waals surface area contributed by atoms with Gasteiger partial charge in [-0.3, -0.25) is 14.4 Å². The van der Waals surface area contributed by atoms with Crippen molar-refractivity contribution in [2.45, 2.75) is 26.2 Å². The molecule has 0 aromatic heterocycles. The molecule has 0 aliphatic carbocycles. The lowest BCUT2D eigenvalue weighted by atomic mass is 10.4. The maximum Gasteiger partial charge on any atom is 0.259 e. The minimum Gasteiger partial charge on any atom is -0.274 e. The highest BCUT2D eigenvalue weighted by atomic mass is 16.2. The standard InChI is InChI=1S/C9H11NO3/c1-2-3-4-7(11)10-8(12)5-6-9(10)13/h3-4H,2,5-6H2,1H3/b4-3+. The normalized spacial score (nSPS) is 17.5. The summed E-state index contributed by atoms with van der Waals surface area (Å²) in [6, 6.07) is 0. The molecule has 0 N–H and O–H groups in total. The second-order valence-electron chi connectivity index (χ2n) is 2.77. The van der Waals surface area contributed by atoms with Gasteiger partial charge in [-0.15, -0.1) is 0 Å². The van der Waals surface area contributed by atoms with Gasteiger partial charge in [0.15, 0.2) is 0 Å². The van der Waals surface area contributed by atoms with E-state index in [-0.39, 0.29) is 12.8 Å². The molecule has 1 heterocycles. The Kier molecular flexibility index (Phi) is 2.95. The number of hydrogen-bond donors (Lipinski definition) is 0. The SMILES string of the molecule is CC/C=C/C(=O)N1C(=O)CCC1=O. The topological polar surface area (TPSA) is 54.5 Å². The molecule has 0 bridgehead atoms. The zero-order valence-electron chi connectivity index (χ0n) is 7.45. The van der Waals surface area contributed by atoms with Crippen molar-refractivity contribution >= 4 is 17.7 Å². The quantitative estimate of drug-likeness (QED) is 0.463. The first-order valence-corrected chi connectivity index (χ1v) is 4.23. The van der Waals surface area contributed by atoms with E-state index < -0.39 is 17.7 Å². The molecular formula is C9H11NO3. The number of imide groups is 3. The highest BCUT2D eigenvalue weighted by molar-refractivity contribution is 6.17. The van der Waals surface area contributed by atoms with Crippen LogP contribution in [0.3, 0.4) is 0 Å². The van der Waals surface area contributed by atoms with Crippen molar-refractivity contribution < 1.29 is 14.4 Å². The van der Waals surface area contributed by atoms with Gasteiger partial charge in [0.05, 0.1) is 0 Å². The van der Waals surface area contributed by atoms with Gasteiger partial charge in [0.1, 0.15) is 0 Å². The number of nitrogens with zero attached hydrogens (tertiary/aromatic N) is 1. The van der Waals surface area contributed by atoms with Gasteiger partial charge in [-0.05, 0) is 6.42 Å². The Morgan fingerprint density at radius 1 is 1.38 bits per heavy atom. The minimum absolute atomic E-state index is 0.157. The molecule has 0 radical (unpaired) electrons. The fraction of sp³-hybridized carbons (Fsp3) is 0.444. The summed E-state index contributed by atoms with van der Waals surface area (Å²) < 4.78 is 0. The van der Waals surface area contributed by atoms with Crippen LogP contribution in [-0.4, -0.2) is 22.6 Å². The van der Waals surface area contributed by atoms with Crippen molar-refractivity contribution in [3.05, 3.63) is 12.2 Å². The first-order valence-electron chi connectivity index (χ1n) is 4.23. The minimum atomic E-state index is -0.519. The van der Waals surface area contributed by atoms with Crippen molar-refractivity contribution in [2.24, 2.45) is 0 Å². The summed E-state index contributed by atoms with van der Waals surface area (Å²) in [6.45, 7) is 1.87. The molecule has 1 rings (SSSR count). The molecule has 0 atom stereocenters. The summed E-state index contributed by atoms with van der Waals surface area (Å²) in [5.41, 5.74) is 0. The van der Waals surface area contributed by atoms with Gasteiger partial charge in [0.25, 0.3) is 5.91 Å². The van der Waals surface area contributed by atoms with Crippen LogP contribution in [0.2, 0.25) is 0 Å². The van der Waals surface area contributed by atoms with Crippen molar-refractivity contribution in [3.63, 3.8) is 0 Å². The maximum atomic E-state index is 11.2. The Labute approximate surface area is 76.2 Å². The number of carbonyl (C=O) groups excluding carboxylic acids is 3. The van der Waals surface area contributed by atoms with Crippen molar-refractivity contribution in [1.29, 1.82) is 0 Å². The molecule has 0 saturated carbocycles. The molecule has 0 aromatic rings. The fourth-order valence-electron chi connectivity index (χ4n) is 1.12. The van der Waals surface area contributed by atoms with Gasteiger partial charge >= 0.3 is 0 Å². The van der Waals surface area contributed by atoms with Crippen LogP contribution >= 0.6 is 0 Å². The van der Waals surface area contributed by atoms with E-state index in [1.165, 1.54) is 6.08 Å². The molecule has 4 heteroatoms. The molecule has 4 nitrogen and oxygen atoms in total. The average molecular weight is 181 g/mol. The summed E-state index contributed by atoms with van der Waals surface area (Å²) in [5, 5.41) is 0. The van der Waals surface area contributed by atoms with E-state index in [4.69, 9.17) is 0 Å². The maximum absolute atomic E-state index is 11.2. The molecule has 70 valence electrons. The van der Waals surface area contributed by atoms with Crippen LogP contribution in [0, 0.1) is 0 Å². The van der Waals surface area contributed by atoms with E-state index >= 15 is 0 Å². The Balaban J connectivity index is 2.70. The van der Waals surface area contributed by atoms with Crippen molar-refractivity contribution in [2.75, 3.05) is 0 Å². The lowest BCUT2D eigenvalue weighted by molar-refractivity contribution is -0.146. The number of amides is 3. The molecule has 13 heavy (non-hydrogen) atoms. The lowest BCUT2D eigenvalue weighted by Gasteiger charge is -2.07. The zero-order chi connectivity index (χ0) is 9.84. The fourth-order valence-corrected chi connectivity index (χ4v) is 1.12.